The molecule has 0 aliphatic heterocycles. The summed E-state index contributed by atoms with van der Waals surface area (Å²) in [6.07, 6.45) is 7.19. The minimum atomic E-state index is -0.329. The molecule has 1 fully saturated rings. The number of nitrogens with one attached hydrogen (secondary N) is 2. The van der Waals surface area contributed by atoms with Crippen molar-refractivity contribution in [3.05, 3.63) is 53.9 Å². The molecule has 3 aromatic rings. The summed E-state index contributed by atoms with van der Waals surface area (Å²) in [6.45, 7) is 4.38. The van der Waals surface area contributed by atoms with E-state index in [9.17, 15) is 4.79 Å². The van der Waals surface area contributed by atoms with Crippen LogP contribution in [-0.2, 0) is 6.42 Å². The lowest BCUT2D eigenvalue weighted by molar-refractivity contribution is 0.262. The maximum absolute atomic E-state index is 12.2. The molecule has 0 unspecified atom stereocenters. The van der Waals surface area contributed by atoms with E-state index in [0.29, 0.717) is 17.0 Å². The lowest BCUT2D eigenvalue weighted by Gasteiger charge is -2.08. The number of amides is 2. The summed E-state index contributed by atoms with van der Waals surface area (Å²) in [5.74, 6) is 1.24. The van der Waals surface area contributed by atoms with Crippen LogP contribution in [0.2, 0.25) is 0 Å². The van der Waals surface area contributed by atoms with E-state index in [1.807, 2.05) is 30.5 Å². The minimum Gasteiger partial charge on any atom is -0.308 e. The van der Waals surface area contributed by atoms with Crippen molar-refractivity contribution in [1.29, 1.82) is 0 Å². The standard InChI is InChI=1S/C21H23N5OS/c1-13(2)9-14-3-7-18(8-4-14)23-20(27)24-21-26-25-19(28-21)17-10-16(11-22-12-17)15-5-6-15/h3-4,7-8,10-13,15H,5-6,9H2,1-2H3,(H2,23,24,26,27). The Morgan fingerprint density at radius 1 is 1.14 bits per heavy atom. The molecule has 2 heterocycles. The molecule has 1 aliphatic rings. The van der Waals surface area contributed by atoms with Crippen LogP contribution in [0.4, 0.5) is 15.6 Å². The molecule has 0 saturated heterocycles. The first-order valence-electron chi connectivity index (χ1n) is 9.52. The summed E-state index contributed by atoms with van der Waals surface area (Å²) in [5, 5.41) is 15.1. The molecule has 1 aliphatic carbocycles. The van der Waals surface area contributed by atoms with E-state index in [4.69, 9.17) is 0 Å². The maximum atomic E-state index is 12.2. The third-order valence-electron chi connectivity index (χ3n) is 4.56. The molecular weight excluding hydrogens is 370 g/mol. The van der Waals surface area contributed by atoms with Gasteiger partial charge in [-0.2, -0.15) is 0 Å². The number of urea groups is 1. The molecule has 28 heavy (non-hydrogen) atoms. The second-order valence-electron chi connectivity index (χ2n) is 7.57. The van der Waals surface area contributed by atoms with Crippen LogP contribution in [0.15, 0.2) is 42.7 Å². The van der Waals surface area contributed by atoms with Crippen molar-refractivity contribution in [3.63, 3.8) is 0 Å². The fourth-order valence-electron chi connectivity index (χ4n) is 3.06. The summed E-state index contributed by atoms with van der Waals surface area (Å²) in [5.41, 5.74) is 4.20. The van der Waals surface area contributed by atoms with Gasteiger partial charge in [-0.3, -0.25) is 10.3 Å². The highest BCUT2D eigenvalue weighted by Crippen LogP contribution is 2.41. The molecule has 4 rings (SSSR count). The Kier molecular flexibility index (Phi) is 5.34. The SMILES string of the molecule is CC(C)Cc1ccc(NC(=O)Nc2nnc(-c3cncc(C4CC4)c3)s2)cc1. The van der Waals surface area contributed by atoms with E-state index >= 15 is 0 Å². The number of benzene rings is 1. The van der Waals surface area contributed by atoms with E-state index in [0.717, 1.165) is 22.7 Å². The Bertz CT molecular complexity index is 963. The predicted octanol–water partition coefficient (Wildman–Crippen LogP) is 5.32. The van der Waals surface area contributed by atoms with Crippen LogP contribution in [0.25, 0.3) is 10.6 Å². The zero-order chi connectivity index (χ0) is 19.5. The van der Waals surface area contributed by atoms with Crippen molar-refractivity contribution in [1.82, 2.24) is 15.2 Å². The Balaban J connectivity index is 1.37. The summed E-state index contributed by atoms with van der Waals surface area (Å²) in [4.78, 5) is 16.6. The van der Waals surface area contributed by atoms with E-state index in [1.54, 1.807) is 6.20 Å². The van der Waals surface area contributed by atoms with E-state index in [1.165, 1.54) is 35.3 Å². The highest BCUT2D eigenvalue weighted by atomic mass is 32.1. The monoisotopic (exact) mass is 393 g/mol. The van der Waals surface area contributed by atoms with Crippen molar-refractivity contribution < 1.29 is 4.79 Å². The summed E-state index contributed by atoms with van der Waals surface area (Å²) in [7, 11) is 0. The molecule has 6 nitrogen and oxygen atoms in total. The van der Waals surface area contributed by atoms with Gasteiger partial charge in [0, 0.05) is 23.6 Å². The first-order chi connectivity index (χ1) is 13.6. The third-order valence-corrected chi connectivity index (χ3v) is 5.44. The molecule has 2 amide bonds. The molecule has 2 N–H and O–H groups in total. The van der Waals surface area contributed by atoms with Crippen LogP contribution in [0.3, 0.4) is 0 Å². The van der Waals surface area contributed by atoms with E-state index in [2.05, 4.69) is 45.7 Å². The lowest BCUT2D eigenvalue weighted by atomic mass is 10.0. The average molecular weight is 394 g/mol. The number of rotatable bonds is 6. The Labute approximate surface area is 168 Å². The highest BCUT2D eigenvalue weighted by Gasteiger charge is 2.24. The quantitative estimate of drug-likeness (QED) is 0.594. The number of anilines is 2. The zero-order valence-corrected chi connectivity index (χ0v) is 16.8. The van der Waals surface area contributed by atoms with E-state index in [-0.39, 0.29) is 6.03 Å². The van der Waals surface area contributed by atoms with Crippen molar-refractivity contribution >= 4 is 28.2 Å². The molecule has 0 spiro atoms. The molecule has 2 aromatic heterocycles. The maximum Gasteiger partial charge on any atom is 0.325 e. The van der Waals surface area contributed by atoms with Gasteiger partial charge in [0.2, 0.25) is 5.13 Å². The average Bonchev–Trinajstić information content (AvgIpc) is 3.43. The molecule has 0 bridgehead atoms. The second-order valence-corrected chi connectivity index (χ2v) is 8.55. The van der Waals surface area contributed by atoms with Crippen LogP contribution in [0, 0.1) is 5.92 Å². The van der Waals surface area contributed by atoms with Crippen molar-refractivity contribution in [3.8, 4) is 10.6 Å². The van der Waals surface area contributed by atoms with Gasteiger partial charge in [-0.15, -0.1) is 10.2 Å². The van der Waals surface area contributed by atoms with Gasteiger partial charge in [0.25, 0.3) is 0 Å². The molecule has 0 atom stereocenters. The van der Waals surface area contributed by atoms with Crippen LogP contribution in [0.5, 0.6) is 0 Å². The number of nitrogens with zero attached hydrogens (tertiary/aromatic N) is 3. The Morgan fingerprint density at radius 2 is 1.93 bits per heavy atom. The van der Waals surface area contributed by atoms with Crippen LogP contribution in [-0.4, -0.2) is 21.2 Å². The zero-order valence-electron chi connectivity index (χ0n) is 16.0. The smallest absolute Gasteiger partial charge is 0.308 e. The molecule has 144 valence electrons. The van der Waals surface area contributed by atoms with Crippen LogP contribution < -0.4 is 10.6 Å². The number of hydrogen-bond acceptors (Lipinski definition) is 5. The summed E-state index contributed by atoms with van der Waals surface area (Å²) < 4.78 is 0. The fourth-order valence-corrected chi connectivity index (χ4v) is 3.78. The fraction of sp³-hybridized carbons (Fsp3) is 0.333. The lowest BCUT2D eigenvalue weighted by Crippen LogP contribution is -2.19. The third kappa shape index (κ3) is 4.72. The molecule has 7 heteroatoms. The number of carbonyl (C=O) groups excluding carboxylic acids is 1. The molecule has 0 radical (unpaired) electrons. The minimum absolute atomic E-state index is 0.329. The molecule has 1 saturated carbocycles. The topological polar surface area (TPSA) is 79.8 Å². The van der Waals surface area contributed by atoms with Gasteiger partial charge in [-0.05, 0) is 60.4 Å². The van der Waals surface area contributed by atoms with Gasteiger partial charge in [-0.25, -0.2) is 4.79 Å². The van der Waals surface area contributed by atoms with Gasteiger partial charge in [0.05, 0.1) is 0 Å². The van der Waals surface area contributed by atoms with Crippen molar-refractivity contribution in [2.24, 2.45) is 5.92 Å². The number of aromatic nitrogens is 3. The normalized spacial score (nSPS) is 13.5. The van der Waals surface area contributed by atoms with Gasteiger partial charge in [0.1, 0.15) is 0 Å². The predicted molar refractivity (Wildman–Crippen MR) is 113 cm³/mol. The number of carbonyl (C=O) groups is 1. The van der Waals surface area contributed by atoms with Crippen molar-refractivity contribution in [2.45, 2.75) is 39.0 Å². The Morgan fingerprint density at radius 3 is 2.64 bits per heavy atom. The highest BCUT2D eigenvalue weighted by molar-refractivity contribution is 7.18. The van der Waals surface area contributed by atoms with Crippen LogP contribution >= 0.6 is 11.3 Å². The van der Waals surface area contributed by atoms with Gasteiger partial charge >= 0.3 is 6.03 Å². The van der Waals surface area contributed by atoms with Gasteiger partial charge in [-0.1, -0.05) is 37.3 Å². The summed E-state index contributed by atoms with van der Waals surface area (Å²) in [6, 6.07) is 9.70. The number of hydrogen-bond donors (Lipinski definition) is 2. The second kappa shape index (κ2) is 8.06. The first kappa shape index (κ1) is 18.6. The van der Waals surface area contributed by atoms with Gasteiger partial charge in [0.15, 0.2) is 5.01 Å². The van der Waals surface area contributed by atoms with Crippen LogP contribution in [0.1, 0.15) is 43.7 Å². The van der Waals surface area contributed by atoms with E-state index < -0.39 is 0 Å². The Hall–Kier alpha value is -2.80. The van der Waals surface area contributed by atoms with Gasteiger partial charge < -0.3 is 5.32 Å². The van der Waals surface area contributed by atoms with Crippen molar-refractivity contribution in [2.75, 3.05) is 10.6 Å². The molecular formula is C21H23N5OS. The largest absolute Gasteiger partial charge is 0.325 e. The number of pyridine rings is 1. The first-order valence-corrected chi connectivity index (χ1v) is 10.3. The summed E-state index contributed by atoms with van der Waals surface area (Å²) >= 11 is 1.34. The molecule has 1 aromatic carbocycles.